The van der Waals surface area contributed by atoms with Crippen molar-refractivity contribution in [3.05, 3.63) is 0 Å². The van der Waals surface area contributed by atoms with Crippen LogP contribution in [0, 0.1) is 0 Å². The van der Waals surface area contributed by atoms with E-state index in [4.69, 9.17) is 4.99 Å². The normalized spacial score (nSPS) is 22.7. The van der Waals surface area contributed by atoms with Crippen molar-refractivity contribution < 1.29 is 0 Å². The van der Waals surface area contributed by atoms with Crippen molar-refractivity contribution in [3.63, 3.8) is 0 Å². The molecular weight excluding hydrogens is 255 g/mol. The molecule has 0 amide bonds. The van der Waals surface area contributed by atoms with E-state index < -0.39 is 0 Å². The number of likely N-dealkylation sites (N-methyl/N-ethyl adjacent to an activating group) is 3. The van der Waals surface area contributed by atoms with Gasteiger partial charge in [0, 0.05) is 6.16 Å². The van der Waals surface area contributed by atoms with Crippen LogP contribution in [0.25, 0.3) is 0 Å². The Balaban J connectivity index is 3.43. The smallest absolute Gasteiger partial charge is 0.153 e. The maximum atomic E-state index is 5.02. The lowest BCUT2D eigenvalue weighted by molar-refractivity contribution is 0.128. The molecule has 0 radical (unpaired) electrons. The second kappa shape index (κ2) is 5.61. The molecule has 0 spiro atoms. The van der Waals surface area contributed by atoms with Gasteiger partial charge in [-0.25, -0.2) is 0 Å². The van der Waals surface area contributed by atoms with Crippen molar-refractivity contribution in [1.82, 2.24) is 14.7 Å². The van der Waals surface area contributed by atoms with Crippen LogP contribution in [-0.4, -0.2) is 85.5 Å². The molecule has 1 rings (SSSR count). The Labute approximate surface area is 120 Å². The van der Waals surface area contributed by atoms with E-state index in [2.05, 4.69) is 77.8 Å². The molecule has 0 bridgehead atoms. The van der Waals surface area contributed by atoms with Crippen molar-refractivity contribution in [1.29, 1.82) is 0 Å². The summed E-state index contributed by atoms with van der Waals surface area (Å²) in [5, 5.41) is 0. The van der Waals surface area contributed by atoms with E-state index in [1.807, 2.05) is 0 Å². The number of nitrogens with zero attached hydrogens (tertiary/aromatic N) is 4. The summed E-state index contributed by atoms with van der Waals surface area (Å²) in [5.74, 6) is 0. The molecule has 0 aliphatic carbocycles. The fraction of sp³-hybridized carbons (Fsp3) is 0.857. The van der Waals surface area contributed by atoms with Gasteiger partial charge in [-0.1, -0.05) is 8.20 Å². The molecular formula is C14H29N4P. The van der Waals surface area contributed by atoms with Gasteiger partial charge in [-0.05, 0) is 63.1 Å². The Morgan fingerprint density at radius 3 is 1.79 bits per heavy atom. The van der Waals surface area contributed by atoms with Crippen LogP contribution >= 0.6 is 8.20 Å². The molecule has 5 heteroatoms. The number of hydrogen-bond donors (Lipinski definition) is 0. The molecule has 19 heavy (non-hydrogen) atoms. The van der Waals surface area contributed by atoms with Crippen LogP contribution in [0.4, 0.5) is 0 Å². The van der Waals surface area contributed by atoms with Crippen molar-refractivity contribution in [2.24, 2.45) is 4.99 Å². The summed E-state index contributed by atoms with van der Waals surface area (Å²) in [6.07, 6.45) is 1.02. The lowest BCUT2D eigenvalue weighted by atomic mass is 9.99. The molecule has 0 saturated heterocycles. The van der Waals surface area contributed by atoms with E-state index >= 15 is 0 Å². The molecule has 0 aromatic carbocycles. The predicted octanol–water partition coefficient (Wildman–Crippen LogP) is 1.70. The van der Waals surface area contributed by atoms with E-state index in [-0.39, 0.29) is 11.2 Å². The maximum Gasteiger partial charge on any atom is 0.153 e. The molecule has 1 aliphatic heterocycles. The molecule has 0 N–H and O–H groups in total. The average molecular weight is 284 g/mol. The van der Waals surface area contributed by atoms with Crippen LogP contribution in [0.3, 0.4) is 0 Å². The first kappa shape index (κ1) is 16.8. The van der Waals surface area contributed by atoms with E-state index in [1.54, 1.807) is 0 Å². The van der Waals surface area contributed by atoms with Crippen molar-refractivity contribution in [2.75, 3.05) is 48.4 Å². The van der Waals surface area contributed by atoms with Gasteiger partial charge in [-0.3, -0.25) is 19.7 Å². The highest BCUT2D eigenvalue weighted by atomic mass is 31.1. The van der Waals surface area contributed by atoms with Gasteiger partial charge in [0.15, 0.2) is 5.66 Å². The molecule has 4 nitrogen and oxygen atoms in total. The topological polar surface area (TPSA) is 22.1 Å². The van der Waals surface area contributed by atoms with Gasteiger partial charge in [0.1, 0.15) is 0 Å². The monoisotopic (exact) mass is 284 g/mol. The maximum absolute atomic E-state index is 5.02. The van der Waals surface area contributed by atoms with E-state index in [0.29, 0.717) is 0 Å². The zero-order valence-corrected chi connectivity index (χ0v) is 14.8. The Morgan fingerprint density at radius 2 is 1.47 bits per heavy atom. The minimum atomic E-state index is -0.196. The summed E-state index contributed by atoms with van der Waals surface area (Å²) in [4.78, 5) is 11.8. The largest absolute Gasteiger partial charge is 0.284 e. The number of aliphatic imine (C=N–C) groups is 1. The summed E-state index contributed by atoms with van der Waals surface area (Å²) in [6.45, 7) is 6.50. The Morgan fingerprint density at radius 1 is 1.00 bits per heavy atom. The Hall–Kier alpha value is -0.280. The number of rotatable bonds is 3. The van der Waals surface area contributed by atoms with Crippen molar-refractivity contribution >= 4 is 19.3 Å². The second-order valence-electron chi connectivity index (χ2n) is 6.72. The Kier molecular flexibility index (Phi) is 4.95. The van der Waals surface area contributed by atoms with E-state index in [0.717, 1.165) is 6.16 Å². The Bertz CT molecular complexity index is 381. The summed E-state index contributed by atoms with van der Waals surface area (Å²) >= 11 is 0. The van der Waals surface area contributed by atoms with Crippen molar-refractivity contribution in [2.45, 2.75) is 32.0 Å². The van der Waals surface area contributed by atoms with Gasteiger partial charge < -0.3 is 0 Å². The van der Waals surface area contributed by atoms with Crippen LogP contribution in [0.2, 0.25) is 0 Å². The fourth-order valence-electron chi connectivity index (χ4n) is 2.79. The van der Waals surface area contributed by atoms with Crippen LogP contribution in [0.5, 0.6) is 0 Å². The molecule has 0 unspecified atom stereocenters. The first-order chi connectivity index (χ1) is 8.53. The lowest BCUT2D eigenvalue weighted by Gasteiger charge is -2.46. The third-order valence-electron chi connectivity index (χ3n) is 3.28. The molecule has 0 atom stereocenters. The summed E-state index contributed by atoms with van der Waals surface area (Å²) < 4.78 is 0. The highest BCUT2D eigenvalue weighted by Gasteiger charge is 2.49. The molecule has 0 aromatic heterocycles. The highest BCUT2D eigenvalue weighted by Crippen LogP contribution is 2.34. The molecule has 0 aromatic rings. The van der Waals surface area contributed by atoms with Gasteiger partial charge in [-0.15, -0.1) is 0 Å². The zero-order valence-electron chi connectivity index (χ0n) is 13.9. The molecule has 110 valence electrons. The SMILES string of the molecule is CN(C)C1=PCC(=NC(C)(C)C)C1(N(C)C)N(C)C. The molecule has 1 heterocycles. The first-order valence-corrected chi connectivity index (χ1v) is 7.77. The zero-order chi connectivity index (χ0) is 15.0. The lowest BCUT2D eigenvalue weighted by Crippen LogP contribution is -2.67. The van der Waals surface area contributed by atoms with Crippen LogP contribution in [-0.2, 0) is 0 Å². The highest BCUT2D eigenvalue weighted by molar-refractivity contribution is 7.43. The van der Waals surface area contributed by atoms with E-state index in [1.165, 1.54) is 19.3 Å². The summed E-state index contributed by atoms with van der Waals surface area (Å²) in [5.41, 5.74) is 2.42. The summed E-state index contributed by atoms with van der Waals surface area (Å²) in [7, 11) is 14.2. The molecule has 0 saturated carbocycles. The van der Waals surface area contributed by atoms with Gasteiger partial charge in [-0.2, -0.15) is 0 Å². The minimum absolute atomic E-state index is 0.0378. The van der Waals surface area contributed by atoms with Gasteiger partial charge in [0.05, 0.1) is 16.7 Å². The summed E-state index contributed by atoms with van der Waals surface area (Å²) in [6, 6.07) is 0. The molecule has 1 aliphatic rings. The van der Waals surface area contributed by atoms with Gasteiger partial charge in [0.25, 0.3) is 0 Å². The third kappa shape index (κ3) is 3.08. The second-order valence-corrected chi connectivity index (χ2v) is 7.78. The molecule has 0 fully saturated rings. The average Bonchev–Trinajstić information content (AvgIpc) is 2.54. The minimum Gasteiger partial charge on any atom is -0.284 e. The van der Waals surface area contributed by atoms with Gasteiger partial charge in [0.2, 0.25) is 0 Å². The van der Waals surface area contributed by atoms with Gasteiger partial charge >= 0.3 is 0 Å². The predicted molar refractivity (Wildman–Crippen MR) is 87.8 cm³/mol. The van der Waals surface area contributed by atoms with Crippen LogP contribution in [0.1, 0.15) is 20.8 Å². The number of hydrogen-bond acceptors (Lipinski definition) is 4. The first-order valence-electron chi connectivity index (χ1n) is 6.69. The quantitative estimate of drug-likeness (QED) is 0.582. The van der Waals surface area contributed by atoms with E-state index in [9.17, 15) is 0 Å². The third-order valence-corrected chi connectivity index (χ3v) is 4.75. The van der Waals surface area contributed by atoms with Crippen molar-refractivity contribution in [3.8, 4) is 0 Å². The van der Waals surface area contributed by atoms with Crippen LogP contribution < -0.4 is 0 Å². The van der Waals surface area contributed by atoms with Crippen LogP contribution in [0.15, 0.2) is 4.99 Å². The fourth-order valence-corrected chi connectivity index (χ4v) is 4.41. The standard InChI is InChI=1S/C14H29N4P/c1-13(2,3)15-11-10-19-12(16(4)5)14(11,17(6)7)18(8)9/h10H2,1-9H3.